The first kappa shape index (κ1) is 15.4. The summed E-state index contributed by atoms with van der Waals surface area (Å²) in [6, 6.07) is 0.983. The van der Waals surface area contributed by atoms with Crippen molar-refractivity contribution in [2.75, 3.05) is 7.05 Å². The third-order valence-electron chi connectivity index (χ3n) is 2.71. The molecular weight excluding hydrogens is 277 g/mol. The molecule has 2 N–H and O–H groups in total. The Morgan fingerprint density at radius 1 is 1.37 bits per heavy atom. The van der Waals surface area contributed by atoms with E-state index >= 15 is 0 Å². The molecular formula is C12H13F3N2OS. The van der Waals surface area contributed by atoms with Gasteiger partial charge in [-0.05, 0) is 19.1 Å². The van der Waals surface area contributed by atoms with Crippen LogP contribution >= 0.6 is 12.2 Å². The van der Waals surface area contributed by atoms with Gasteiger partial charge in [0.25, 0.3) is 5.91 Å². The molecule has 19 heavy (non-hydrogen) atoms. The van der Waals surface area contributed by atoms with Crippen molar-refractivity contribution in [3.8, 4) is 0 Å². The SMILES string of the molecule is CC(CC(N)=S)N(C)C(=O)c1cc(F)c(F)c(F)c1. The van der Waals surface area contributed by atoms with Crippen LogP contribution in [0.5, 0.6) is 0 Å². The normalized spacial score (nSPS) is 12.1. The molecule has 1 atom stereocenters. The van der Waals surface area contributed by atoms with Crippen LogP contribution in [-0.4, -0.2) is 28.9 Å². The average molecular weight is 290 g/mol. The second-order valence-corrected chi connectivity index (χ2v) is 4.71. The van der Waals surface area contributed by atoms with Crippen molar-refractivity contribution < 1.29 is 18.0 Å². The predicted octanol–water partition coefficient (Wildman–Crippen LogP) is 2.24. The summed E-state index contributed by atoms with van der Waals surface area (Å²) >= 11 is 4.72. The zero-order chi connectivity index (χ0) is 14.7. The summed E-state index contributed by atoms with van der Waals surface area (Å²) in [6.45, 7) is 1.69. The monoisotopic (exact) mass is 290 g/mol. The summed E-state index contributed by atoms with van der Waals surface area (Å²) in [5.74, 6) is -5.05. The number of nitrogens with two attached hydrogens (primary N) is 1. The van der Waals surface area contributed by atoms with Crippen LogP contribution in [0, 0.1) is 17.5 Å². The highest BCUT2D eigenvalue weighted by Crippen LogP contribution is 2.16. The van der Waals surface area contributed by atoms with Crippen LogP contribution in [0.25, 0.3) is 0 Å². The summed E-state index contributed by atoms with van der Waals surface area (Å²) in [5, 5.41) is 0. The lowest BCUT2D eigenvalue weighted by Gasteiger charge is -2.24. The first-order chi connectivity index (χ1) is 8.73. The van der Waals surface area contributed by atoms with Gasteiger partial charge in [0, 0.05) is 25.1 Å². The Bertz CT molecular complexity index is 499. The summed E-state index contributed by atoms with van der Waals surface area (Å²) < 4.78 is 38.9. The smallest absolute Gasteiger partial charge is 0.254 e. The summed E-state index contributed by atoms with van der Waals surface area (Å²) in [7, 11) is 1.45. The fourth-order valence-electron chi connectivity index (χ4n) is 1.51. The topological polar surface area (TPSA) is 46.3 Å². The highest BCUT2D eigenvalue weighted by atomic mass is 32.1. The molecule has 0 aromatic heterocycles. The van der Waals surface area contributed by atoms with E-state index in [1.807, 2.05) is 0 Å². The number of carbonyl (C=O) groups excluding carboxylic acids is 1. The van der Waals surface area contributed by atoms with Crippen LogP contribution < -0.4 is 5.73 Å². The van der Waals surface area contributed by atoms with Gasteiger partial charge >= 0.3 is 0 Å². The van der Waals surface area contributed by atoms with Gasteiger partial charge in [-0.2, -0.15) is 0 Å². The molecule has 0 fully saturated rings. The van der Waals surface area contributed by atoms with E-state index in [0.717, 1.165) is 0 Å². The molecule has 0 spiro atoms. The number of nitrogens with zero attached hydrogens (tertiary/aromatic N) is 1. The highest BCUT2D eigenvalue weighted by Gasteiger charge is 2.21. The molecule has 0 aliphatic carbocycles. The fourth-order valence-corrected chi connectivity index (χ4v) is 1.75. The van der Waals surface area contributed by atoms with Crippen molar-refractivity contribution in [2.45, 2.75) is 19.4 Å². The van der Waals surface area contributed by atoms with E-state index in [-0.39, 0.29) is 23.0 Å². The van der Waals surface area contributed by atoms with Crippen LogP contribution in [0.15, 0.2) is 12.1 Å². The third-order valence-corrected chi connectivity index (χ3v) is 2.88. The van der Waals surface area contributed by atoms with E-state index in [1.54, 1.807) is 6.92 Å². The number of amides is 1. The first-order valence-electron chi connectivity index (χ1n) is 5.44. The predicted molar refractivity (Wildman–Crippen MR) is 69.3 cm³/mol. The zero-order valence-electron chi connectivity index (χ0n) is 10.4. The molecule has 1 aromatic carbocycles. The molecule has 1 unspecified atom stereocenters. The van der Waals surface area contributed by atoms with Crippen LogP contribution in [0.4, 0.5) is 13.2 Å². The van der Waals surface area contributed by atoms with E-state index in [4.69, 9.17) is 18.0 Å². The second kappa shape index (κ2) is 6.01. The highest BCUT2D eigenvalue weighted by molar-refractivity contribution is 7.80. The first-order valence-corrected chi connectivity index (χ1v) is 5.84. The van der Waals surface area contributed by atoms with Crippen LogP contribution in [0.1, 0.15) is 23.7 Å². The van der Waals surface area contributed by atoms with Crippen molar-refractivity contribution in [1.29, 1.82) is 0 Å². The third kappa shape index (κ3) is 3.66. The Balaban J connectivity index is 2.97. The summed E-state index contributed by atoms with van der Waals surface area (Å²) in [4.78, 5) is 13.4. The second-order valence-electron chi connectivity index (χ2n) is 4.19. The van der Waals surface area contributed by atoms with Gasteiger partial charge in [0.2, 0.25) is 0 Å². The zero-order valence-corrected chi connectivity index (χ0v) is 11.2. The maximum atomic E-state index is 13.0. The number of benzene rings is 1. The minimum Gasteiger partial charge on any atom is -0.393 e. The molecule has 0 heterocycles. The Hall–Kier alpha value is -1.63. The minimum atomic E-state index is -1.60. The van der Waals surface area contributed by atoms with E-state index in [0.29, 0.717) is 12.1 Å². The van der Waals surface area contributed by atoms with Crippen LogP contribution in [0.2, 0.25) is 0 Å². The molecule has 0 saturated heterocycles. The van der Waals surface area contributed by atoms with E-state index in [2.05, 4.69) is 0 Å². The Kier molecular flexibility index (Phi) is 4.88. The fraction of sp³-hybridized carbons (Fsp3) is 0.333. The van der Waals surface area contributed by atoms with Crippen molar-refractivity contribution in [1.82, 2.24) is 4.90 Å². The molecule has 3 nitrogen and oxygen atoms in total. The van der Waals surface area contributed by atoms with Crippen molar-refractivity contribution >= 4 is 23.1 Å². The maximum Gasteiger partial charge on any atom is 0.254 e. The van der Waals surface area contributed by atoms with Gasteiger partial charge in [0.1, 0.15) is 0 Å². The number of thiocarbonyl (C=S) groups is 1. The van der Waals surface area contributed by atoms with Gasteiger partial charge < -0.3 is 10.6 Å². The lowest BCUT2D eigenvalue weighted by molar-refractivity contribution is 0.0747. The molecule has 0 aliphatic rings. The summed E-state index contributed by atoms with van der Waals surface area (Å²) in [6.07, 6.45) is 0.281. The molecule has 0 aliphatic heterocycles. The quantitative estimate of drug-likeness (QED) is 0.683. The van der Waals surface area contributed by atoms with Crippen molar-refractivity contribution in [2.24, 2.45) is 5.73 Å². The molecule has 0 radical (unpaired) electrons. The largest absolute Gasteiger partial charge is 0.393 e. The molecule has 104 valence electrons. The molecule has 1 amide bonds. The van der Waals surface area contributed by atoms with E-state index in [1.165, 1.54) is 11.9 Å². The number of rotatable bonds is 4. The molecule has 0 saturated carbocycles. The van der Waals surface area contributed by atoms with Crippen molar-refractivity contribution in [3.63, 3.8) is 0 Å². The summed E-state index contributed by atoms with van der Waals surface area (Å²) in [5.41, 5.74) is 5.09. The van der Waals surface area contributed by atoms with Gasteiger partial charge in [-0.25, -0.2) is 13.2 Å². The molecule has 1 rings (SSSR count). The lowest BCUT2D eigenvalue weighted by atomic mass is 10.1. The van der Waals surface area contributed by atoms with E-state index in [9.17, 15) is 18.0 Å². The molecule has 1 aromatic rings. The van der Waals surface area contributed by atoms with Crippen molar-refractivity contribution in [3.05, 3.63) is 35.1 Å². The van der Waals surface area contributed by atoms with E-state index < -0.39 is 23.4 Å². The number of carbonyl (C=O) groups is 1. The molecule has 7 heteroatoms. The number of hydrogen-bond donors (Lipinski definition) is 1. The van der Waals surface area contributed by atoms with Crippen LogP contribution in [-0.2, 0) is 0 Å². The average Bonchev–Trinajstić information content (AvgIpc) is 2.32. The van der Waals surface area contributed by atoms with Gasteiger partial charge in [-0.1, -0.05) is 12.2 Å². The Morgan fingerprint density at radius 3 is 2.26 bits per heavy atom. The van der Waals surface area contributed by atoms with Gasteiger partial charge in [0.15, 0.2) is 17.5 Å². The molecule has 0 bridgehead atoms. The Morgan fingerprint density at radius 2 is 1.84 bits per heavy atom. The van der Waals surface area contributed by atoms with Gasteiger partial charge in [0.05, 0.1) is 4.99 Å². The number of hydrogen-bond acceptors (Lipinski definition) is 2. The van der Waals surface area contributed by atoms with Gasteiger partial charge in [-0.3, -0.25) is 4.79 Å². The van der Waals surface area contributed by atoms with Crippen LogP contribution in [0.3, 0.4) is 0 Å². The standard InChI is InChI=1S/C12H13F3N2OS/c1-6(3-10(16)19)17(2)12(18)7-4-8(13)11(15)9(14)5-7/h4-6H,3H2,1-2H3,(H2,16,19). The number of halogens is 3. The maximum absolute atomic E-state index is 13.0. The van der Waals surface area contributed by atoms with Gasteiger partial charge in [-0.15, -0.1) is 0 Å². The Labute approximate surface area is 114 Å². The lowest BCUT2D eigenvalue weighted by Crippen LogP contribution is -2.37. The minimum absolute atomic E-state index is 0.226.